The van der Waals surface area contributed by atoms with E-state index in [4.69, 9.17) is 11.6 Å². The van der Waals surface area contributed by atoms with Crippen LogP contribution in [0.25, 0.3) is 22.2 Å². The highest BCUT2D eigenvalue weighted by molar-refractivity contribution is 6.35. The zero-order chi connectivity index (χ0) is 15.0. The number of halogens is 1. The molecule has 0 saturated heterocycles. The van der Waals surface area contributed by atoms with Crippen LogP contribution in [0.2, 0.25) is 5.02 Å². The zero-order valence-electron chi connectivity index (χ0n) is 12.0. The molecule has 0 spiro atoms. The third-order valence-electron chi connectivity index (χ3n) is 3.81. The number of hydrogen-bond donors (Lipinski definition) is 1. The third kappa shape index (κ3) is 2.36. The number of aromatic nitrogens is 1. The Labute approximate surface area is 128 Å². The maximum Gasteiger partial charge on any atom is 0.152 e. The van der Waals surface area contributed by atoms with Crippen molar-refractivity contribution in [1.82, 2.24) is 4.98 Å². The lowest BCUT2D eigenvalue weighted by molar-refractivity contribution is 0.112. The highest BCUT2D eigenvalue weighted by atomic mass is 35.5. The van der Waals surface area contributed by atoms with Gasteiger partial charge in [0.15, 0.2) is 6.29 Å². The van der Waals surface area contributed by atoms with Crippen LogP contribution >= 0.6 is 11.6 Å². The fourth-order valence-corrected chi connectivity index (χ4v) is 2.81. The van der Waals surface area contributed by atoms with Crippen LogP contribution < -0.4 is 0 Å². The second-order valence-electron chi connectivity index (χ2n) is 5.47. The van der Waals surface area contributed by atoms with E-state index in [0.717, 1.165) is 28.4 Å². The molecule has 0 radical (unpaired) electrons. The van der Waals surface area contributed by atoms with Crippen molar-refractivity contribution in [3.8, 4) is 11.3 Å². The Hall–Kier alpha value is -2.06. The number of nitrogens with one attached hydrogen (secondary N) is 1. The SMILES string of the molecule is CC(C)c1ccc(-c2[nH]c3c(Cl)cccc3c2C=O)cc1. The van der Waals surface area contributed by atoms with Crippen LogP contribution in [0, 0.1) is 0 Å². The third-order valence-corrected chi connectivity index (χ3v) is 4.12. The number of fused-ring (bicyclic) bond motifs is 1. The molecule has 0 unspecified atom stereocenters. The van der Waals surface area contributed by atoms with Gasteiger partial charge in [0.05, 0.1) is 16.2 Å². The predicted molar refractivity (Wildman–Crippen MR) is 88.2 cm³/mol. The lowest BCUT2D eigenvalue weighted by Crippen LogP contribution is -1.88. The quantitative estimate of drug-likeness (QED) is 0.643. The highest BCUT2D eigenvalue weighted by Crippen LogP contribution is 2.33. The van der Waals surface area contributed by atoms with Crippen LogP contribution in [-0.4, -0.2) is 11.3 Å². The number of benzene rings is 2. The summed E-state index contributed by atoms with van der Waals surface area (Å²) in [6.07, 6.45) is 0.890. The van der Waals surface area contributed by atoms with Crippen LogP contribution in [0.4, 0.5) is 0 Å². The van der Waals surface area contributed by atoms with Gasteiger partial charge in [0.2, 0.25) is 0 Å². The van der Waals surface area contributed by atoms with E-state index in [1.54, 1.807) is 0 Å². The molecule has 0 aliphatic heterocycles. The van der Waals surface area contributed by atoms with Gasteiger partial charge in [-0.25, -0.2) is 0 Å². The minimum absolute atomic E-state index is 0.488. The second kappa shape index (κ2) is 5.38. The minimum Gasteiger partial charge on any atom is -0.353 e. The molecule has 0 fully saturated rings. The van der Waals surface area contributed by atoms with Crippen molar-refractivity contribution in [2.75, 3.05) is 0 Å². The van der Waals surface area contributed by atoms with E-state index in [9.17, 15) is 4.79 Å². The van der Waals surface area contributed by atoms with E-state index in [1.807, 2.05) is 30.3 Å². The van der Waals surface area contributed by atoms with Gasteiger partial charge in [0.25, 0.3) is 0 Å². The van der Waals surface area contributed by atoms with Gasteiger partial charge in [0.1, 0.15) is 0 Å². The minimum atomic E-state index is 0.488. The van der Waals surface area contributed by atoms with Crippen LogP contribution in [0.15, 0.2) is 42.5 Å². The number of hydrogen-bond acceptors (Lipinski definition) is 1. The Kier molecular flexibility index (Phi) is 3.56. The average molecular weight is 298 g/mol. The number of rotatable bonds is 3. The van der Waals surface area contributed by atoms with Crippen LogP contribution in [0.3, 0.4) is 0 Å². The number of carbonyl (C=O) groups is 1. The molecule has 0 bridgehead atoms. The van der Waals surface area contributed by atoms with Gasteiger partial charge in [-0.2, -0.15) is 0 Å². The summed E-state index contributed by atoms with van der Waals surface area (Å²) in [5, 5.41) is 1.49. The van der Waals surface area contributed by atoms with E-state index in [0.29, 0.717) is 16.5 Å². The molecule has 3 rings (SSSR count). The maximum atomic E-state index is 11.5. The molecule has 0 aliphatic carbocycles. The van der Waals surface area contributed by atoms with Gasteiger partial charge in [-0.05, 0) is 23.1 Å². The number of para-hydroxylation sites is 1. The standard InChI is InChI=1S/C18H16ClNO/c1-11(2)12-6-8-13(9-7-12)17-15(10-21)14-4-3-5-16(19)18(14)20-17/h3-11,20H,1-2H3. The summed E-state index contributed by atoms with van der Waals surface area (Å²) in [6.45, 7) is 4.32. The molecule has 1 aromatic heterocycles. The molecule has 0 aliphatic rings. The van der Waals surface area contributed by atoms with Crippen molar-refractivity contribution >= 4 is 28.8 Å². The summed E-state index contributed by atoms with van der Waals surface area (Å²) in [4.78, 5) is 14.8. The fourth-order valence-electron chi connectivity index (χ4n) is 2.59. The highest BCUT2D eigenvalue weighted by Gasteiger charge is 2.14. The van der Waals surface area contributed by atoms with Crippen LogP contribution in [-0.2, 0) is 0 Å². The summed E-state index contributed by atoms with van der Waals surface area (Å²) in [7, 11) is 0. The molecule has 0 saturated carbocycles. The number of carbonyl (C=O) groups excluding carboxylic acids is 1. The predicted octanol–water partition coefficient (Wildman–Crippen LogP) is 5.42. The van der Waals surface area contributed by atoms with Crippen molar-refractivity contribution in [1.29, 1.82) is 0 Å². The van der Waals surface area contributed by atoms with Gasteiger partial charge in [-0.1, -0.05) is 61.8 Å². The largest absolute Gasteiger partial charge is 0.353 e. The molecule has 2 nitrogen and oxygen atoms in total. The van der Waals surface area contributed by atoms with Crippen molar-refractivity contribution in [2.24, 2.45) is 0 Å². The molecule has 3 aromatic rings. The number of H-pyrrole nitrogens is 1. The topological polar surface area (TPSA) is 32.9 Å². The summed E-state index contributed by atoms with van der Waals surface area (Å²) >= 11 is 6.21. The summed E-state index contributed by atoms with van der Waals surface area (Å²) in [6, 6.07) is 13.9. The molecule has 2 aromatic carbocycles. The van der Waals surface area contributed by atoms with Gasteiger partial charge in [0, 0.05) is 10.9 Å². The summed E-state index contributed by atoms with van der Waals surface area (Å²) < 4.78 is 0. The van der Waals surface area contributed by atoms with Gasteiger partial charge < -0.3 is 4.98 Å². The van der Waals surface area contributed by atoms with Crippen molar-refractivity contribution in [2.45, 2.75) is 19.8 Å². The lowest BCUT2D eigenvalue weighted by Gasteiger charge is -2.06. The van der Waals surface area contributed by atoms with E-state index >= 15 is 0 Å². The Morgan fingerprint density at radius 2 is 1.81 bits per heavy atom. The van der Waals surface area contributed by atoms with Gasteiger partial charge in [-0.3, -0.25) is 4.79 Å². The Bertz CT molecular complexity index is 800. The molecular formula is C18H16ClNO. The first kappa shape index (κ1) is 13.9. The molecule has 0 amide bonds. The summed E-state index contributed by atoms with van der Waals surface area (Å²) in [5.41, 5.74) is 4.56. The first-order valence-corrected chi connectivity index (χ1v) is 7.35. The van der Waals surface area contributed by atoms with Gasteiger partial charge in [-0.15, -0.1) is 0 Å². The second-order valence-corrected chi connectivity index (χ2v) is 5.88. The number of aldehydes is 1. The van der Waals surface area contributed by atoms with Crippen LogP contribution in [0.1, 0.15) is 35.7 Å². The fraction of sp³-hybridized carbons (Fsp3) is 0.167. The van der Waals surface area contributed by atoms with Gasteiger partial charge >= 0.3 is 0 Å². The van der Waals surface area contributed by atoms with E-state index in [1.165, 1.54) is 5.56 Å². The zero-order valence-corrected chi connectivity index (χ0v) is 12.7. The Morgan fingerprint density at radius 3 is 2.43 bits per heavy atom. The van der Waals surface area contributed by atoms with Crippen molar-refractivity contribution < 1.29 is 4.79 Å². The molecule has 1 N–H and O–H groups in total. The average Bonchev–Trinajstić information content (AvgIpc) is 2.87. The first-order valence-electron chi connectivity index (χ1n) is 6.97. The monoisotopic (exact) mass is 297 g/mol. The normalized spacial score (nSPS) is 11.2. The Morgan fingerprint density at radius 1 is 1.10 bits per heavy atom. The number of aromatic amines is 1. The van der Waals surface area contributed by atoms with Crippen molar-refractivity contribution in [3.05, 3.63) is 58.6 Å². The van der Waals surface area contributed by atoms with E-state index in [-0.39, 0.29) is 0 Å². The molecule has 3 heteroatoms. The molecular weight excluding hydrogens is 282 g/mol. The Balaban J connectivity index is 2.20. The maximum absolute atomic E-state index is 11.5. The lowest BCUT2D eigenvalue weighted by atomic mass is 9.99. The van der Waals surface area contributed by atoms with Crippen molar-refractivity contribution in [3.63, 3.8) is 0 Å². The smallest absolute Gasteiger partial charge is 0.152 e. The molecule has 1 heterocycles. The van der Waals surface area contributed by atoms with E-state index < -0.39 is 0 Å². The molecule has 21 heavy (non-hydrogen) atoms. The van der Waals surface area contributed by atoms with E-state index in [2.05, 4.69) is 31.0 Å². The molecule has 106 valence electrons. The molecule has 0 atom stereocenters. The van der Waals surface area contributed by atoms with Crippen LogP contribution in [0.5, 0.6) is 0 Å². The first-order chi connectivity index (χ1) is 10.1. The summed E-state index contributed by atoms with van der Waals surface area (Å²) in [5.74, 6) is 0.488.